The smallest absolute Gasteiger partial charge is 0.336 e. The van der Waals surface area contributed by atoms with E-state index < -0.39 is 11.7 Å². The number of nitrogen functional groups attached to an aromatic ring is 2. The quantitative estimate of drug-likeness (QED) is 0.158. The van der Waals surface area contributed by atoms with E-state index in [0.717, 1.165) is 16.5 Å². The molecule has 5 N–H and O–H groups in total. The van der Waals surface area contributed by atoms with Crippen molar-refractivity contribution in [3.8, 4) is 28.3 Å². The van der Waals surface area contributed by atoms with Crippen LogP contribution in [0.25, 0.3) is 33.5 Å². The first-order valence-corrected chi connectivity index (χ1v) is 12.4. The number of nitrogens with two attached hydrogens (primary N) is 2. The number of nitrogens with zero attached hydrogens (tertiary/aromatic N) is 3. The molecule has 0 saturated heterocycles. The van der Waals surface area contributed by atoms with Crippen LogP contribution in [0, 0.1) is 0 Å². The fourth-order valence-electron chi connectivity index (χ4n) is 3.68. The van der Waals surface area contributed by atoms with Crippen molar-refractivity contribution in [3.63, 3.8) is 0 Å². The van der Waals surface area contributed by atoms with Crippen molar-refractivity contribution >= 4 is 34.1 Å². The second-order valence-corrected chi connectivity index (χ2v) is 9.26. The lowest BCUT2D eigenvalue weighted by Crippen LogP contribution is -2.20. The predicted octanol–water partition coefficient (Wildman–Crippen LogP) is 4.01. The van der Waals surface area contributed by atoms with Gasteiger partial charge in [0.25, 0.3) is 0 Å². The van der Waals surface area contributed by atoms with Crippen molar-refractivity contribution in [1.82, 2.24) is 15.2 Å². The molecule has 5 aromatic rings. The molecule has 0 amide bonds. The maximum atomic E-state index is 11.4. The first-order valence-electron chi connectivity index (χ1n) is 11.4. The van der Waals surface area contributed by atoms with Crippen molar-refractivity contribution in [2.75, 3.05) is 23.8 Å². The van der Waals surface area contributed by atoms with E-state index in [2.05, 4.69) is 10.2 Å². The highest BCUT2D eigenvalue weighted by atomic mass is 32.2. The van der Waals surface area contributed by atoms with Gasteiger partial charge in [0.15, 0.2) is 0 Å². The standard InChI is InChI=1S/C27H23N5O4S/c28-19-5-1-3-17(11-19)25-26(18-4-2-6-20(29)12-18)31-32-27(30-25)37-15-21(33)14-35-22-9-7-16-8-10-24(34)36-23(16)13-22/h1-13,21,33H,14-15,28-29H2. The Morgan fingerprint density at radius 3 is 2.32 bits per heavy atom. The van der Waals surface area contributed by atoms with Gasteiger partial charge in [-0.3, -0.25) is 0 Å². The minimum atomic E-state index is -0.809. The molecule has 1 unspecified atom stereocenters. The summed E-state index contributed by atoms with van der Waals surface area (Å²) in [6.45, 7) is 0.0342. The fourth-order valence-corrected chi connectivity index (χ4v) is 4.37. The van der Waals surface area contributed by atoms with E-state index in [0.29, 0.717) is 39.3 Å². The van der Waals surface area contributed by atoms with Gasteiger partial charge in [0.2, 0.25) is 5.16 Å². The average Bonchev–Trinajstić information content (AvgIpc) is 2.90. The van der Waals surface area contributed by atoms with Gasteiger partial charge in [-0.05, 0) is 42.5 Å². The van der Waals surface area contributed by atoms with Crippen LogP contribution in [0.5, 0.6) is 5.75 Å². The van der Waals surface area contributed by atoms with Gasteiger partial charge >= 0.3 is 5.63 Å². The molecule has 0 aliphatic rings. The van der Waals surface area contributed by atoms with Crippen molar-refractivity contribution < 1.29 is 14.3 Å². The first-order chi connectivity index (χ1) is 17.9. The Kier molecular flexibility index (Phi) is 7.02. The van der Waals surface area contributed by atoms with Crippen molar-refractivity contribution in [1.29, 1.82) is 0 Å². The molecule has 0 spiro atoms. The number of benzene rings is 3. The molecule has 186 valence electrons. The van der Waals surface area contributed by atoms with Gasteiger partial charge in [0, 0.05) is 45.8 Å². The monoisotopic (exact) mass is 513 g/mol. The zero-order valence-electron chi connectivity index (χ0n) is 19.6. The second kappa shape index (κ2) is 10.7. The summed E-state index contributed by atoms with van der Waals surface area (Å²) in [5, 5.41) is 20.4. The lowest BCUT2D eigenvalue weighted by atomic mass is 10.0. The summed E-state index contributed by atoms with van der Waals surface area (Å²) in [7, 11) is 0. The van der Waals surface area contributed by atoms with E-state index in [4.69, 9.17) is 25.6 Å². The van der Waals surface area contributed by atoms with E-state index in [1.165, 1.54) is 17.8 Å². The summed E-state index contributed by atoms with van der Waals surface area (Å²) in [5.41, 5.74) is 15.9. The van der Waals surface area contributed by atoms with Crippen LogP contribution in [0.15, 0.2) is 93.2 Å². The molecular formula is C27H23N5O4S. The highest BCUT2D eigenvalue weighted by Crippen LogP contribution is 2.31. The number of hydrogen-bond donors (Lipinski definition) is 3. The normalized spacial score (nSPS) is 11.9. The Morgan fingerprint density at radius 2 is 1.59 bits per heavy atom. The van der Waals surface area contributed by atoms with Gasteiger partial charge in [-0.1, -0.05) is 36.0 Å². The maximum Gasteiger partial charge on any atom is 0.336 e. The van der Waals surface area contributed by atoms with Crippen LogP contribution >= 0.6 is 11.8 Å². The van der Waals surface area contributed by atoms with Crippen LogP contribution in [0.2, 0.25) is 0 Å². The molecule has 1 atom stereocenters. The third kappa shape index (κ3) is 5.88. The van der Waals surface area contributed by atoms with E-state index >= 15 is 0 Å². The molecule has 10 heteroatoms. The van der Waals surface area contributed by atoms with Gasteiger partial charge in [0.1, 0.15) is 29.3 Å². The van der Waals surface area contributed by atoms with E-state index in [1.807, 2.05) is 36.4 Å². The molecule has 37 heavy (non-hydrogen) atoms. The summed E-state index contributed by atoms with van der Waals surface area (Å²) in [6.07, 6.45) is -0.809. The van der Waals surface area contributed by atoms with Crippen LogP contribution in [0.3, 0.4) is 0 Å². The fraction of sp³-hybridized carbons (Fsp3) is 0.111. The molecule has 0 aliphatic heterocycles. The molecule has 0 aliphatic carbocycles. The second-order valence-electron chi connectivity index (χ2n) is 8.27. The minimum Gasteiger partial charge on any atom is -0.491 e. The Bertz CT molecular complexity index is 1620. The maximum absolute atomic E-state index is 11.4. The number of ether oxygens (including phenoxy) is 1. The predicted molar refractivity (Wildman–Crippen MR) is 144 cm³/mol. The lowest BCUT2D eigenvalue weighted by molar-refractivity contribution is 0.126. The van der Waals surface area contributed by atoms with Crippen molar-refractivity contribution in [2.45, 2.75) is 11.3 Å². The third-order valence-corrected chi connectivity index (χ3v) is 6.41. The van der Waals surface area contributed by atoms with Crippen LogP contribution in [0.1, 0.15) is 0 Å². The number of aliphatic hydroxyl groups excluding tert-OH is 1. The van der Waals surface area contributed by atoms with Crippen LogP contribution in [-0.4, -0.2) is 38.8 Å². The minimum absolute atomic E-state index is 0.0342. The zero-order chi connectivity index (χ0) is 25.8. The molecule has 0 radical (unpaired) electrons. The molecule has 5 rings (SSSR count). The molecule has 0 saturated carbocycles. The number of anilines is 2. The largest absolute Gasteiger partial charge is 0.491 e. The van der Waals surface area contributed by atoms with Crippen molar-refractivity contribution in [2.24, 2.45) is 0 Å². The third-order valence-electron chi connectivity index (χ3n) is 5.43. The molecular weight excluding hydrogens is 490 g/mol. The van der Waals surface area contributed by atoms with Crippen LogP contribution < -0.4 is 21.8 Å². The van der Waals surface area contributed by atoms with E-state index in [-0.39, 0.29) is 12.4 Å². The van der Waals surface area contributed by atoms with Gasteiger partial charge in [-0.25, -0.2) is 9.78 Å². The molecule has 2 heterocycles. The molecule has 0 fully saturated rings. The number of hydrogen-bond acceptors (Lipinski definition) is 10. The number of aromatic nitrogens is 3. The number of fused-ring (bicyclic) bond motifs is 1. The topological polar surface area (TPSA) is 150 Å². The summed E-state index contributed by atoms with van der Waals surface area (Å²) < 4.78 is 10.9. The summed E-state index contributed by atoms with van der Waals surface area (Å²) in [6, 6.07) is 22.9. The lowest BCUT2D eigenvalue weighted by Gasteiger charge is -2.13. The Balaban J connectivity index is 1.30. The van der Waals surface area contributed by atoms with Gasteiger partial charge in [0.05, 0.1) is 6.10 Å². The van der Waals surface area contributed by atoms with Gasteiger partial charge in [-0.2, -0.15) is 0 Å². The van der Waals surface area contributed by atoms with Crippen LogP contribution in [-0.2, 0) is 0 Å². The first kappa shape index (κ1) is 24.3. The molecule has 9 nitrogen and oxygen atoms in total. The highest BCUT2D eigenvalue weighted by molar-refractivity contribution is 7.99. The Morgan fingerprint density at radius 1 is 0.892 bits per heavy atom. The Hall–Kier alpha value is -4.41. The number of aliphatic hydroxyl groups is 1. The van der Waals surface area contributed by atoms with Crippen molar-refractivity contribution in [3.05, 3.63) is 89.3 Å². The summed E-state index contributed by atoms with van der Waals surface area (Å²) in [5.74, 6) is 0.762. The van der Waals surface area contributed by atoms with E-state index in [1.54, 1.807) is 36.4 Å². The molecule has 3 aromatic carbocycles. The van der Waals surface area contributed by atoms with Gasteiger partial charge < -0.3 is 25.7 Å². The van der Waals surface area contributed by atoms with Crippen LogP contribution in [0.4, 0.5) is 11.4 Å². The summed E-state index contributed by atoms with van der Waals surface area (Å²) in [4.78, 5) is 16.2. The van der Waals surface area contributed by atoms with E-state index in [9.17, 15) is 9.90 Å². The number of thioether (sulfide) groups is 1. The molecule has 2 aromatic heterocycles. The SMILES string of the molecule is Nc1cccc(-c2nnc(SCC(O)COc3ccc4ccc(=O)oc4c3)nc2-c2cccc(N)c2)c1. The zero-order valence-corrected chi connectivity index (χ0v) is 20.4. The molecule has 0 bridgehead atoms. The highest BCUT2D eigenvalue weighted by Gasteiger charge is 2.16. The number of rotatable bonds is 8. The summed E-state index contributed by atoms with van der Waals surface area (Å²) >= 11 is 1.26. The Labute approximate surface area is 216 Å². The van der Waals surface area contributed by atoms with Gasteiger partial charge in [-0.15, -0.1) is 10.2 Å². The average molecular weight is 514 g/mol.